The van der Waals surface area contributed by atoms with Crippen molar-refractivity contribution in [2.24, 2.45) is 0 Å². The Morgan fingerprint density at radius 3 is 2.36 bits per heavy atom. The molecule has 1 aliphatic heterocycles. The largest absolute Gasteiger partial charge is 0.459 e. The maximum Gasteiger partial charge on any atom is 0.330 e. The lowest BCUT2D eigenvalue weighted by atomic mass is 10.00. The van der Waals surface area contributed by atoms with Gasteiger partial charge in [0.15, 0.2) is 12.2 Å². The molecule has 0 amide bonds. The Hall–Kier alpha value is -2.23. The molecule has 1 aliphatic rings. The number of hydrogen-bond donors (Lipinski definition) is 3. The van der Waals surface area contributed by atoms with Gasteiger partial charge < -0.3 is 29.5 Å². The second-order valence-electron chi connectivity index (χ2n) is 5.51. The number of hydrogen-bond acceptors (Lipinski definition) is 9. The van der Waals surface area contributed by atoms with Crippen LogP contribution in [0.3, 0.4) is 0 Å². The SMILES string of the molecule is CC(=O)OC(/C=C/C(O)C(O)[C@@H]1OC(=O)C=C[C@@H]1O)[C@H](C)OC(C)=O. The smallest absolute Gasteiger partial charge is 0.330 e. The summed E-state index contributed by atoms with van der Waals surface area (Å²) in [6, 6.07) is 0. The van der Waals surface area contributed by atoms with Gasteiger partial charge in [0, 0.05) is 19.9 Å². The number of aliphatic hydroxyl groups excluding tert-OH is 3. The predicted molar refractivity (Wildman–Crippen MR) is 83.0 cm³/mol. The van der Waals surface area contributed by atoms with Crippen LogP contribution in [-0.2, 0) is 28.6 Å². The fourth-order valence-electron chi connectivity index (χ4n) is 2.15. The minimum absolute atomic E-state index is 0.581. The lowest BCUT2D eigenvalue weighted by Crippen LogP contribution is -2.47. The number of esters is 3. The van der Waals surface area contributed by atoms with Crippen LogP contribution < -0.4 is 0 Å². The van der Waals surface area contributed by atoms with Crippen molar-refractivity contribution in [2.45, 2.75) is 57.4 Å². The Bertz CT molecular complexity index is 554. The number of carbonyl (C=O) groups is 3. The zero-order chi connectivity index (χ0) is 19.1. The van der Waals surface area contributed by atoms with Gasteiger partial charge >= 0.3 is 17.9 Å². The monoisotopic (exact) mass is 358 g/mol. The van der Waals surface area contributed by atoms with E-state index in [1.165, 1.54) is 19.9 Å². The molecular formula is C16H22O9. The summed E-state index contributed by atoms with van der Waals surface area (Å²) in [6.07, 6.45) is -3.15. The lowest BCUT2D eigenvalue weighted by Gasteiger charge is -2.29. The highest BCUT2D eigenvalue weighted by Crippen LogP contribution is 2.16. The van der Waals surface area contributed by atoms with Crippen molar-refractivity contribution < 1.29 is 43.9 Å². The Labute approximate surface area is 144 Å². The van der Waals surface area contributed by atoms with Crippen LogP contribution in [0.4, 0.5) is 0 Å². The molecule has 9 nitrogen and oxygen atoms in total. The van der Waals surface area contributed by atoms with Crippen molar-refractivity contribution in [3.63, 3.8) is 0 Å². The summed E-state index contributed by atoms with van der Waals surface area (Å²) in [4.78, 5) is 33.3. The van der Waals surface area contributed by atoms with Gasteiger partial charge in [0.2, 0.25) is 0 Å². The number of aliphatic hydroxyl groups is 3. The summed E-state index contributed by atoms with van der Waals surface area (Å²) in [5, 5.41) is 29.8. The standard InChI is InChI=1S/C16H22O9/c1-8(23-9(2)17)13(24-10(3)18)6-4-11(19)15(22)16-12(20)5-7-14(21)25-16/h4-8,11-13,15-16,19-20,22H,1-3H3/b6-4+/t8-,11?,12-,13?,15?,16+/m0/s1. The molecule has 140 valence electrons. The Morgan fingerprint density at radius 1 is 1.20 bits per heavy atom. The number of carbonyl (C=O) groups excluding carboxylic acids is 3. The van der Waals surface area contributed by atoms with Crippen LogP contribution in [0.2, 0.25) is 0 Å². The summed E-state index contributed by atoms with van der Waals surface area (Å²) >= 11 is 0. The summed E-state index contributed by atoms with van der Waals surface area (Å²) in [7, 11) is 0. The third-order valence-electron chi connectivity index (χ3n) is 3.32. The van der Waals surface area contributed by atoms with Gasteiger partial charge in [0.1, 0.15) is 24.4 Å². The second-order valence-corrected chi connectivity index (χ2v) is 5.51. The zero-order valence-electron chi connectivity index (χ0n) is 14.1. The number of rotatable bonds is 7. The molecule has 25 heavy (non-hydrogen) atoms. The van der Waals surface area contributed by atoms with Gasteiger partial charge in [-0.2, -0.15) is 0 Å². The van der Waals surface area contributed by atoms with Crippen molar-refractivity contribution >= 4 is 17.9 Å². The topological polar surface area (TPSA) is 140 Å². The van der Waals surface area contributed by atoms with E-state index in [2.05, 4.69) is 0 Å². The van der Waals surface area contributed by atoms with Crippen LogP contribution in [0.5, 0.6) is 0 Å². The first-order valence-corrected chi connectivity index (χ1v) is 7.57. The fourth-order valence-corrected chi connectivity index (χ4v) is 2.15. The Morgan fingerprint density at radius 2 is 1.80 bits per heavy atom. The number of cyclic esters (lactones) is 1. The fraction of sp³-hybridized carbons (Fsp3) is 0.562. The van der Waals surface area contributed by atoms with E-state index in [0.29, 0.717) is 0 Å². The van der Waals surface area contributed by atoms with E-state index in [4.69, 9.17) is 14.2 Å². The molecule has 0 aliphatic carbocycles. The highest BCUT2D eigenvalue weighted by atomic mass is 16.6. The highest BCUT2D eigenvalue weighted by Gasteiger charge is 2.35. The predicted octanol–water partition coefficient (Wildman–Crippen LogP) is -1.01. The average Bonchev–Trinajstić information content (AvgIpc) is 2.51. The molecule has 0 aromatic rings. The van der Waals surface area contributed by atoms with E-state index < -0.39 is 54.5 Å². The minimum Gasteiger partial charge on any atom is -0.459 e. The van der Waals surface area contributed by atoms with Crippen LogP contribution in [0.1, 0.15) is 20.8 Å². The zero-order valence-corrected chi connectivity index (χ0v) is 14.1. The normalized spacial score (nSPS) is 25.0. The molecule has 0 fully saturated rings. The van der Waals surface area contributed by atoms with Crippen LogP contribution >= 0.6 is 0 Å². The summed E-state index contributed by atoms with van der Waals surface area (Å²) < 4.78 is 14.7. The van der Waals surface area contributed by atoms with Crippen molar-refractivity contribution in [1.29, 1.82) is 0 Å². The van der Waals surface area contributed by atoms with Gasteiger partial charge in [-0.25, -0.2) is 4.79 Å². The molecule has 9 heteroatoms. The molecule has 0 saturated carbocycles. The molecule has 1 heterocycles. The van der Waals surface area contributed by atoms with E-state index in [1.807, 2.05) is 0 Å². The van der Waals surface area contributed by atoms with E-state index in [9.17, 15) is 29.7 Å². The van der Waals surface area contributed by atoms with Crippen molar-refractivity contribution in [3.05, 3.63) is 24.3 Å². The van der Waals surface area contributed by atoms with E-state index >= 15 is 0 Å². The molecule has 0 aromatic carbocycles. The van der Waals surface area contributed by atoms with Gasteiger partial charge in [-0.1, -0.05) is 6.08 Å². The highest BCUT2D eigenvalue weighted by molar-refractivity contribution is 5.83. The maximum absolute atomic E-state index is 11.2. The summed E-state index contributed by atoms with van der Waals surface area (Å²) in [5.74, 6) is -1.97. The molecule has 0 radical (unpaired) electrons. The first-order valence-electron chi connectivity index (χ1n) is 7.57. The Balaban J connectivity index is 2.79. The van der Waals surface area contributed by atoms with Crippen LogP contribution in [0.15, 0.2) is 24.3 Å². The molecule has 0 aromatic heterocycles. The summed E-state index contributed by atoms with van der Waals surface area (Å²) in [6.45, 7) is 3.84. The van der Waals surface area contributed by atoms with Gasteiger partial charge in [-0.15, -0.1) is 0 Å². The second kappa shape index (κ2) is 9.30. The Kier molecular flexibility index (Phi) is 7.75. The third kappa shape index (κ3) is 6.65. The molecule has 0 bridgehead atoms. The van der Waals surface area contributed by atoms with Crippen LogP contribution in [0.25, 0.3) is 0 Å². The van der Waals surface area contributed by atoms with Crippen molar-refractivity contribution in [3.8, 4) is 0 Å². The van der Waals surface area contributed by atoms with E-state index in [1.54, 1.807) is 0 Å². The van der Waals surface area contributed by atoms with E-state index in [-0.39, 0.29) is 0 Å². The van der Waals surface area contributed by atoms with Gasteiger partial charge in [0.25, 0.3) is 0 Å². The molecular weight excluding hydrogens is 336 g/mol. The molecule has 6 atom stereocenters. The maximum atomic E-state index is 11.2. The van der Waals surface area contributed by atoms with Crippen molar-refractivity contribution in [2.75, 3.05) is 0 Å². The van der Waals surface area contributed by atoms with Crippen LogP contribution in [-0.4, -0.2) is 69.9 Å². The number of ether oxygens (including phenoxy) is 3. The molecule has 3 unspecified atom stereocenters. The van der Waals surface area contributed by atoms with E-state index in [0.717, 1.165) is 25.2 Å². The van der Waals surface area contributed by atoms with Crippen LogP contribution in [0, 0.1) is 0 Å². The molecule has 3 N–H and O–H groups in total. The quantitative estimate of drug-likeness (QED) is 0.297. The first-order chi connectivity index (χ1) is 11.6. The van der Waals surface area contributed by atoms with Gasteiger partial charge in [0.05, 0.1) is 0 Å². The first kappa shape index (κ1) is 20.8. The molecule has 0 spiro atoms. The van der Waals surface area contributed by atoms with Gasteiger partial charge in [-0.05, 0) is 19.1 Å². The average molecular weight is 358 g/mol. The van der Waals surface area contributed by atoms with Crippen molar-refractivity contribution in [1.82, 2.24) is 0 Å². The third-order valence-corrected chi connectivity index (χ3v) is 3.32. The molecule has 0 saturated heterocycles. The molecule has 1 rings (SSSR count). The van der Waals surface area contributed by atoms with Gasteiger partial charge in [-0.3, -0.25) is 9.59 Å². The lowest BCUT2D eigenvalue weighted by molar-refractivity contribution is -0.164. The minimum atomic E-state index is -1.62. The summed E-state index contributed by atoms with van der Waals surface area (Å²) in [5.41, 5.74) is 0.